The fourth-order valence-electron chi connectivity index (χ4n) is 4.16. The number of nitrogens with zero attached hydrogens (tertiary/aromatic N) is 4. The Morgan fingerprint density at radius 3 is 2.64 bits per heavy atom. The fraction of sp³-hybridized carbons (Fsp3) is 0.320. The maximum atomic E-state index is 13.8. The molecule has 1 aliphatic heterocycles. The van der Waals surface area contributed by atoms with Crippen molar-refractivity contribution in [3.8, 4) is 5.69 Å². The van der Waals surface area contributed by atoms with Gasteiger partial charge in [-0.05, 0) is 50.5 Å². The molecule has 0 radical (unpaired) electrons. The van der Waals surface area contributed by atoms with Gasteiger partial charge in [0.25, 0.3) is 0 Å². The first-order valence-electron chi connectivity index (χ1n) is 11.3. The van der Waals surface area contributed by atoms with Crippen LogP contribution in [0.4, 0.5) is 13.2 Å². The molecule has 0 saturated heterocycles. The van der Waals surface area contributed by atoms with Crippen molar-refractivity contribution in [1.82, 2.24) is 14.5 Å². The molecule has 0 unspecified atom stereocenters. The number of hydrogen-bond donors (Lipinski definition) is 0. The van der Waals surface area contributed by atoms with Gasteiger partial charge in [0.1, 0.15) is 11.9 Å². The highest BCUT2D eigenvalue weighted by atomic mass is 35.5. The number of rotatable bonds is 5. The van der Waals surface area contributed by atoms with Gasteiger partial charge in [-0.25, -0.2) is 4.98 Å². The lowest BCUT2D eigenvalue weighted by Crippen LogP contribution is -2.15. The number of halogens is 4. The van der Waals surface area contributed by atoms with Crippen molar-refractivity contribution in [2.45, 2.75) is 44.8 Å². The molecular formula is C25H20ClF3N4O3. The molecule has 3 aromatic rings. The summed E-state index contributed by atoms with van der Waals surface area (Å²) in [5.74, 6) is -1.07. The molecule has 3 heterocycles. The zero-order valence-electron chi connectivity index (χ0n) is 19.1. The molecule has 1 saturated carbocycles. The summed E-state index contributed by atoms with van der Waals surface area (Å²) >= 11 is 6.10. The van der Waals surface area contributed by atoms with Crippen LogP contribution in [0.3, 0.4) is 0 Å². The van der Waals surface area contributed by atoms with Crippen LogP contribution in [-0.4, -0.2) is 32.2 Å². The zero-order valence-corrected chi connectivity index (χ0v) is 19.8. The molecule has 2 aliphatic rings. The molecule has 0 amide bonds. The fourth-order valence-corrected chi connectivity index (χ4v) is 4.43. The van der Waals surface area contributed by atoms with Crippen molar-refractivity contribution in [3.05, 3.63) is 76.1 Å². The van der Waals surface area contributed by atoms with Crippen molar-refractivity contribution < 1.29 is 27.5 Å². The van der Waals surface area contributed by atoms with Crippen molar-refractivity contribution in [1.29, 1.82) is 0 Å². The molecule has 11 heteroatoms. The Balaban J connectivity index is 1.61. The van der Waals surface area contributed by atoms with Crippen molar-refractivity contribution in [3.63, 3.8) is 0 Å². The maximum absolute atomic E-state index is 13.8. The summed E-state index contributed by atoms with van der Waals surface area (Å²) in [4.78, 5) is 37.8. The average Bonchev–Trinajstić information content (AvgIpc) is 3.63. The third-order valence-electron chi connectivity index (χ3n) is 6.09. The van der Waals surface area contributed by atoms with Crippen LogP contribution < -0.4 is 0 Å². The van der Waals surface area contributed by atoms with Crippen LogP contribution in [0.25, 0.3) is 5.69 Å². The van der Waals surface area contributed by atoms with Gasteiger partial charge in [-0.15, -0.1) is 0 Å². The summed E-state index contributed by atoms with van der Waals surface area (Å²) in [5, 5.41) is -0.468. The van der Waals surface area contributed by atoms with Gasteiger partial charge >= 0.3 is 18.1 Å². The van der Waals surface area contributed by atoms with Gasteiger partial charge in [-0.3, -0.25) is 24.1 Å². The van der Waals surface area contributed by atoms with E-state index in [2.05, 4.69) is 9.97 Å². The van der Waals surface area contributed by atoms with Gasteiger partial charge in [-0.1, -0.05) is 17.7 Å². The Morgan fingerprint density at radius 2 is 1.97 bits per heavy atom. The van der Waals surface area contributed by atoms with E-state index in [4.69, 9.17) is 21.3 Å². The SMILES string of the molecule is Cc1cnc2n1-c1cc(C(F)(F)F)c(Cl)cc1C(c1ccccn1)=N[C@H]2CCC(=O)OC(=O)C1CC1. The first-order chi connectivity index (χ1) is 17.1. The second kappa shape index (κ2) is 9.16. The Hall–Kier alpha value is -3.53. The van der Waals surface area contributed by atoms with Crippen molar-refractivity contribution >= 4 is 29.3 Å². The van der Waals surface area contributed by atoms with Crippen LogP contribution in [0.1, 0.15) is 60.1 Å². The van der Waals surface area contributed by atoms with Gasteiger partial charge < -0.3 is 4.74 Å². The molecule has 7 nitrogen and oxygen atoms in total. The van der Waals surface area contributed by atoms with Crippen LogP contribution in [0.15, 0.2) is 47.7 Å². The monoisotopic (exact) mass is 516 g/mol. The van der Waals surface area contributed by atoms with Gasteiger partial charge in [-0.2, -0.15) is 13.2 Å². The predicted octanol–water partition coefficient (Wildman–Crippen LogP) is 5.40. The Kier molecular flexibility index (Phi) is 6.15. The number of imidazole rings is 1. The summed E-state index contributed by atoms with van der Waals surface area (Å²) < 4.78 is 47.8. The molecule has 0 bridgehead atoms. The minimum absolute atomic E-state index is 0.122. The van der Waals surface area contributed by atoms with E-state index in [-0.39, 0.29) is 24.4 Å². The summed E-state index contributed by atoms with van der Waals surface area (Å²) in [5.41, 5.74) is 0.893. The molecule has 1 aliphatic carbocycles. The Bertz CT molecular complexity index is 1380. The van der Waals surface area contributed by atoms with Crippen molar-refractivity contribution in [2.75, 3.05) is 0 Å². The minimum atomic E-state index is -4.67. The zero-order chi connectivity index (χ0) is 25.6. The molecule has 0 N–H and O–H groups in total. The number of alkyl halides is 3. The second-order valence-electron chi connectivity index (χ2n) is 8.75. The third-order valence-corrected chi connectivity index (χ3v) is 6.40. The van der Waals surface area contributed by atoms with Crippen LogP contribution in [0.2, 0.25) is 5.02 Å². The largest absolute Gasteiger partial charge is 0.417 e. The van der Waals surface area contributed by atoms with Gasteiger partial charge in [0.2, 0.25) is 0 Å². The van der Waals surface area contributed by atoms with E-state index in [0.717, 1.165) is 6.07 Å². The third kappa shape index (κ3) is 4.65. The van der Waals surface area contributed by atoms with Gasteiger partial charge in [0.15, 0.2) is 0 Å². The summed E-state index contributed by atoms with van der Waals surface area (Å²) in [7, 11) is 0. The van der Waals surface area contributed by atoms with E-state index in [1.165, 1.54) is 12.3 Å². The molecule has 1 aromatic carbocycles. The predicted molar refractivity (Wildman–Crippen MR) is 124 cm³/mol. The smallest absolute Gasteiger partial charge is 0.393 e. The number of ether oxygens (including phenoxy) is 1. The highest BCUT2D eigenvalue weighted by Gasteiger charge is 2.37. The molecule has 186 valence electrons. The molecule has 1 atom stereocenters. The lowest BCUT2D eigenvalue weighted by molar-refractivity contribution is -0.160. The molecule has 36 heavy (non-hydrogen) atoms. The lowest BCUT2D eigenvalue weighted by Gasteiger charge is -2.17. The van der Waals surface area contributed by atoms with Gasteiger partial charge in [0, 0.05) is 30.1 Å². The number of aliphatic imine (C=N–C) groups is 1. The van der Waals surface area contributed by atoms with Crippen molar-refractivity contribution in [2.24, 2.45) is 10.9 Å². The molecule has 1 fully saturated rings. The Morgan fingerprint density at radius 1 is 1.19 bits per heavy atom. The molecule has 0 spiro atoms. The average molecular weight is 517 g/mol. The first-order valence-corrected chi connectivity index (χ1v) is 11.7. The van der Waals surface area contributed by atoms with E-state index in [1.807, 2.05) is 0 Å². The van der Waals surface area contributed by atoms with Crippen LogP contribution in [0.5, 0.6) is 0 Å². The van der Waals surface area contributed by atoms with E-state index in [0.29, 0.717) is 41.3 Å². The highest BCUT2D eigenvalue weighted by Crippen LogP contribution is 2.41. The molecule has 2 aromatic heterocycles. The quantitative estimate of drug-likeness (QED) is 0.335. The normalized spacial score (nSPS) is 17.0. The van der Waals surface area contributed by atoms with Crippen LogP contribution >= 0.6 is 11.6 Å². The number of aryl methyl sites for hydroxylation is 1. The van der Waals surface area contributed by atoms with Crippen LogP contribution in [-0.2, 0) is 20.5 Å². The van der Waals surface area contributed by atoms with Crippen LogP contribution in [0, 0.1) is 12.8 Å². The Labute approximate surface area is 209 Å². The maximum Gasteiger partial charge on any atom is 0.417 e. The minimum Gasteiger partial charge on any atom is -0.393 e. The number of pyridine rings is 1. The topological polar surface area (TPSA) is 86.4 Å². The highest BCUT2D eigenvalue weighted by molar-refractivity contribution is 6.32. The lowest BCUT2D eigenvalue weighted by atomic mass is 10.0. The van der Waals surface area contributed by atoms with E-state index < -0.39 is 34.7 Å². The number of benzene rings is 1. The number of hydrogen-bond acceptors (Lipinski definition) is 6. The summed E-state index contributed by atoms with van der Waals surface area (Å²) in [6.07, 6.45) is -0.172. The number of fused-ring (bicyclic) bond motifs is 3. The number of aromatic nitrogens is 3. The molecular weight excluding hydrogens is 497 g/mol. The first kappa shape index (κ1) is 24.2. The van der Waals surface area contributed by atoms with Gasteiger partial charge in [0.05, 0.1) is 33.6 Å². The standard InChI is InChI=1S/C25H20ClF3N4O3/c1-13-12-31-23-19(7-8-21(34)36-24(35)14-5-6-14)32-22(18-4-2-3-9-30-18)15-10-17(26)16(25(27,28)29)11-20(15)33(13)23/h2-4,9-12,14,19H,5-8H2,1H3/t19-/m0/s1. The number of carbonyl (C=O) groups excluding carboxylic acids is 2. The molecule has 5 rings (SSSR count). The van der Waals surface area contributed by atoms with E-state index in [1.54, 1.807) is 35.9 Å². The number of carbonyl (C=O) groups is 2. The number of esters is 2. The van der Waals surface area contributed by atoms with E-state index >= 15 is 0 Å². The summed E-state index contributed by atoms with van der Waals surface area (Å²) in [6.45, 7) is 1.72. The van der Waals surface area contributed by atoms with E-state index in [9.17, 15) is 22.8 Å². The second-order valence-corrected chi connectivity index (χ2v) is 9.16. The summed E-state index contributed by atoms with van der Waals surface area (Å²) in [6, 6.07) is 6.64.